The molecular weight excluding hydrogens is 254 g/mol. The van der Waals surface area contributed by atoms with E-state index in [1.54, 1.807) is 0 Å². The standard InChI is InChI=1S/C15H21N3O2/c1-3-12-8-6-9-13(16)14(12)18-11(2)7-4-5-10-20-15(17)19/h1,6,8-9,11,18H,4-5,7,10,16H2,2H3,(H2,17,19)/t11-/m0/s1. The van der Waals surface area contributed by atoms with Gasteiger partial charge in [0, 0.05) is 11.6 Å². The zero-order valence-electron chi connectivity index (χ0n) is 11.7. The fraction of sp³-hybridized carbons (Fsp3) is 0.400. The van der Waals surface area contributed by atoms with E-state index in [4.69, 9.17) is 17.9 Å². The third-order valence-electron chi connectivity index (χ3n) is 2.92. The van der Waals surface area contributed by atoms with Crippen molar-refractivity contribution >= 4 is 17.5 Å². The Labute approximate surface area is 119 Å². The van der Waals surface area contributed by atoms with E-state index in [1.807, 2.05) is 18.2 Å². The predicted molar refractivity (Wildman–Crippen MR) is 81.3 cm³/mol. The number of unbranched alkanes of at least 4 members (excludes halogenated alkanes) is 1. The number of rotatable bonds is 7. The van der Waals surface area contributed by atoms with E-state index in [-0.39, 0.29) is 6.04 Å². The molecular formula is C15H21N3O2. The molecule has 5 N–H and O–H groups in total. The molecule has 0 spiro atoms. The zero-order valence-corrected chi connectivity index (χ0v) is 11.7. The van der Waals surface area contributed by atoms with Gasteiger partial charge in [-0.2, -0.15) is 0 Å². The highest BCUT2D eigenvalue weighted by Crippen LogP contribution is 2.24. The van der Waals surface area contributed by atoms with Crippen LogP contribution in [0.5, 0.6) is 0 Å². The highest BCUT2D eigenvalue weighted by molar-refractivity contribution is 5.74. The van der Waals surface area contributed by atoms with Crippen LogP contribution < -0.4 is 16.8 Å². The van der Waals surface area contributed by atoms with Crippen LogP contribution in [0.1, 0.15) is 31.7 Å². The van der Waals surface area contributed by atoms with Gasteiger partial charge in [0.1, 0.15) is 0 Å². The average Bonchev–Trinajstić information content (AvgIpc) is 2.40. The number of anilines is 2. The third kappa shape index (κ3) is 5.11. The number of benzene rings is 1. The lowest BCUT2D eigenvalue weighted by Gasteiger charge is -2.18. The molecule has 5 nitrogen and oxygen atoms in total. The summed E-state index contributed by atoms with van der Waals surface area (Å²) < 4.78 is 4.67. The second-order valence-electron chi connectivity index (χ2n) is 4.62. The Bertz CT molecular complexity index is 494. The first-order valence-electron chi connectivity index (χ1n) is 6.58. The van der Waals surface area contributed by atoms with Gasteiger partial charge in [-0.15, -0.1) is 6.42 Å². The Balaban J connectivity index is 2.41. The molecule has 0 bridgehead atoms. The second-order valence-corrected chi connectivity index (χ2v) is 4.62. The van der Waals surface area contributed by atoms with Crippen molar-refractivity contribution in [2.45, 2.75) is 32.2 Å². The number of nitrogens with two attached hydrogens (primary N) is 2. The summed E-state index contributed by atoms with van der Waals surface area (Å²) in [4.78, 5) is 10.4. The maximum Gasteiger partial charge on any atom is 0.404 e. The van der Waals surface area contributed by atoms with E-state index in [0.29, 0.717) is 12.3 Å². The molecule has 0 aliphatic heterocycles. The van der Waals surface area contributed by atoms with E-state index < -0.39 is 6.09 Å². The number of amides is 1. The quantitative estimate of drug-likeness (QED) is 0.404. The van der Waals surface area contributed by atoms with E-state index in [0.717, 1.165) is 30.5 Å². The number of ether oxygens (including phenoxy) is 1. The number of carbonyl (C=O) groups excluding carboxylic acids is 1. The molecule has 0 heterocycles. The molecule has 0 unspecified atom stereocenters. The SMILES string of the molecule is C#Cc1cccc(N)c1N[C@@H](C)CCCCOC(N)=O. The van der Waals surface area contributed by atoms with Gasteiger partial charge in [0.25, 0.3) is 0 Å². The fourth-order valence-corrected chi connectivity index (χ4v) is 1.90. The predicted octanol–water partition coefficient (Wildman–Crippen LogP) is 2.32. The minimum Gasteiger partial charge on any atom is -0.450 e. The van der Waals surface area contributed by atoms with Crippen molar-refractivity contribution in [2.75, 3.05) is 17.7 Å². The van der Waals surface area contributed by atoms with Crippen LogP contribution in [-0.4, -0.2) is 18.7 Å². The first kappa shape index (κ1) is 15.7. The first-order valence-corrected chi connectivity index (χ1v) is 6.58. The maximum absolute atomic E-state index is 10.4. The van der Waals surface area contributed by atoms with Crippen molar-refractivity contribution in [1.29, 1.82) is 0 Å². The monoisotopic (exact) mass is 275 g/mol. The van der Waals surface area contributed by atoms with E-state index in [2.05, 4.69) is 22.9 Å². The number of nitrogen functional groups attached to an aromatic ring is 1. The normalized spacial score (nSPS) is 11.4. The van der Waals surface area contributed by atoms with Crippen molar-refractivity contribution in [1.82, 2.24) is 0 Å². The van der Waals surface area contributed by atoms with Gasteiger partial charge in [-0.05, 0) is 38.3 Å². The van der Waals surface area contributed by atoms with Gasteiger partial charge < -0.3 is 21.5 Å². The molecule has 0 radical (unpaired) electrons. The minimum atomic E-state index is -0.730. The summed E-state index contributed by atoms with van der Waals surface area (Å²) in [6, 6.07) is 5.73. The fourth-order valence-electron chi connectivity index (χ4n) is 1.90. The lowest BCUT2D eigenvalue weighted by atomic mass is 10.1. The number of para-hydroxylation sites is 1. The first-order chi connectivity index (χ1) is 9.54. The topological polar surface area (TPSA) is 90.4 Å². The molecule has 5 heteroatoms. The van der Waals surface area contributed by atoms with Crippen molar-refractivity contribution in [3.05, 3.63) is 23.8 Å². The van der Waals surface area contributed by atoms with E-state index in [1.165, 1.54) is 0 Å². The summed E-state index contributed by atoms with van der Waals surface area (Å²) >= 11 is 0. The minimum absolute atomic E-state index is 0.223. The molecule has 0 saturated carbocycles. The van der Waals surface area contributed by atoms with Crippen LogP contribution in [-0.2, 0) is 4.74 Å². The molecule has 0 fully saturated rings. The lowest BCUT2D eigenvalue weighted by Crippen LogP contribution is -2.18. The molecule has 1 amide bonds. The number of hydrogen-bond acceptors (Lipinski definition) is 4. The highest BCUT2D eigenvalue weighted by atomic mass is 16.5. The molecule has 20 heavy (non-hydrogen) atoms. The summed E-state index contributed by atoms with van der Waals surface area (Å²) in [7, 11) is 0. The Morgan fingerprint density at radius 3 is 2.90 bits per heavy atom. The van der Waals surface area contributed by atoms with Crippen LogP contribution in [0.4, 0.5) is 16.2 Å². The maximum atomic E-state index is 10.4. The second kappa shape index (κ2) is 7.95. The van der Waals surface area contributed by atoms with Crippen LogP contribution in [0.25, 0.3) is 0 Å². The number of hydrogen-bond donors (Lipinski definition) is 3. The van der Waals surface area contributed by atoms with Gasteiger partial charge in [-0.3, -0.25) is 0 Å². The van der Waals surface area contributed by atoms with Crippen molar-refractivity contribution in [2.24, 2.45) is 5.73 Å². The molecule has 0 saturated heterocycles. The smallest absolute Gasteiger partial charge is 0.404 e. The van der Waals surface area contributed by atoms with Crippen molar-refractivity contribution < 1.29 is 9.53 Å². The molecule has 1 atom stereocenters. The Hall–Kier alpha value is -2.35. The molecule has 0 aliphatic carbocycles. The number of primary amides is 1. The average molecular weight is 275 g/mol. The van der Waals surface area contributed by atoms with E-state index in [9.17, 15) is 4.79 Å². The molecule has 108 valence electrons. The van der Waals surface area contributed by atoms with Gasteiger partial charge >= 0.3 is 6.09 Å². The van der Waals surface area contributed by atoms with Gasteiger partial charge in [-0.25, -0.2) is 4.79 Å². The Kier molecular flexibility index (Phi) is 6.24. The van der Waals surface area contributed by atoms with Gasteiger partial charge in [-0.1, -0.05) is 12.0 Å². The third-order valence-corrected chi connectivity index (χ3v) is 2.92. The van der Waals surface area contributed by atoms with Crippen LogP contribution >= 0.6 is 0 Å². The molecule has 0 aromatic heterocycles. The molecule has 1 rings (SSSR count). The zero-order chi connectivity index (χ0) is 15.0. The number of nitrogens with one attached hydrogen (secondary N) is 1. The lowest BCUT2D eigenvalue weighted by molar-refractivity contribution is 0.154. The number of terminal acetylenes is 1. The summed E-state index contributed by atoms with van der Waals surface area (Å²) in [6.07, 6.45) is 7.34. The molecule has 0 aliphatic rings. The molecule has 1 aromatic rings. The van der Waals surface area contributed by atoms with Crippen molar-refractivity contribution in [3.8, 4) is 12.3 Å². The van der Waals surface area contributed by atoms with Crippen LogP contribution in [0, 0.1) is 12.3 Å². The van der Waals surface area contributed by atoms with Crippen molar-refractivity contribution in [3.63, 3.8) is 0 Å². The number of carbonyl (C=O) groups is 1. The largest absolute Gasteiger partial charge is 0.450 e. The van der Waals surface area contributed by atoms with E-state index >= 15 is 0 Å². The molecule has 1 aromatic carbocycles. The van der Waals surface area contributed by atoms with Crippen LogP contribution in [0.2, 0.25) is 0 Å². The van der Waals surface area contributed by atoms with Gasteiger partial charge in [0.2, 0.25) is 0 Å². The van der Waals surface area contributed by atoms with Crippen LogP contribution in [0.3, 0.4) is 0 Å². The summed E-state index contributed by atoms with van der Waals surface area (Å²) in [6.45, 7) is 2.41. The van der Waals surface area contributed by atoms with Crippen LogP contribution in [0.15, 0.2) is 18.2 Å². The Morgan fingerprint density at radius 2 is 2.25 bits per heavy atom. The Morgan fingerprint density at radius 1 is 1.50 bits per heavy atom. The summed E-state index contributed by atoms with van der Waals surface area (Å²) in [5, 5.41) is 3.33. The van der Waals surface area contributed by atoms with Gasteiger partial charge in [0.15, 0.2) is 0 Å². The summed E-state index contributed by atoms with van der Waals surface area (Å²) in [5.41, 5.74) is 13.0. The summed E-state index contributed by atoms with van der Waals surface area (Å²) in [5.74, 6) is 2.62. The highest BCUT2D eigenvalue weighted by Gasteiger charge is 2.08. The van der Waals surface area contributed by atoms with Gasteiger partial charge in [0.05, 0.1) is 18.0 Å².